The van der Waals surface area contributed by atoms with E-state index in [0.29, 0.717) is 0 Å². The van der Waals surface area contributed by atoms with Crippen LogP contribution in [0.4, 0.5) is 32.0 Å². The van der Waals surface area contributed by atoms with Crippen molar-refractivity contribution >= 4 is 53.8 Å². The minimum Gasteiger partial charge on any atom is -0.437 e. The first-order valence-electron chi connectivity index (χ1n) is 13.5. The quantitative estimate of drug-likeness (QED) is 0.126. The van der Waals surface area contributed by atoms with Gasteiger partial charge in [0.15, 0.2) is 0 Å². The zero-order valence-corrected chi connectivity index (χ0v) is 25.3. The van der Waals surface area contributed by atoms with Crippen molar-refractivity contribution < 1.29 is 57.2 Å². The summed E-state index contributed by atoms with van der Waals surface area (Å²) in [6, 6.07) is 17.7. The molecular weight excluding hydrogens is 634 g/mol. The molecule has 0 saturated carbocycles. The highest BCUT2D eigenvalue weighted by Crippen LogP contribution is 2.20. The van der Waals surface area contributed by atoms with Crippen molar-refractivity contribution in [1.82, 2.24) is 9.97 Å². The van der Waals surface area contributed by atoms with E-state index in [1.807, 2.05) is 0 Å². The number of hydrogen-bond acceptors (Lipinski definition) is 14. The van der Waals surface area contributed by atoms with E-state index < -0.39 is 36.2 Å². The first-order chi connectivity index (χ1) is 23.1. The third kappa shape index (κ3) is 9.48. The summed E-state index contributed by atoms with van der Waals surface area (Å²) in [5, 5.41) is 7.59. The molecule has 17 heteroatoms. The fourth-order valence-electron chi connectivity index (χ4n) is 3.62. The molecule has 0 fully saturated rings. The normalized spacial score (nSPS) is 10.1. The summed E-state index contributed by atoms with van der Waals surface area (Å²) >= 11 is 0. The molecule has 3 amide bonds. The first kappa shape index (κ1) is 33.8. The topological polar surface area (TPSA) is 220 Å². The molecule has 4 rings (SSSR count). The average Bonchev–Trinajstić information content (AvgIpc) is 3.08. The van der Waals surface area contributed by atoms with Crippen LogP contribution in [0.1, 0.15) is 31.1 Å². The van der Waals surface area contributed by atoms with Crippen LogP contribution in [-0.2, 0) is 14.2 Å². The Kier molecular flexibility index (Phi) is 11.1. The van der Waals surface area contributed by atoms with E-state index in [-0.39, 0.29) is 51.5 Å². The molecule has 0 bridgehead atoms. The lowest BCUT2D eigenvalue weighted by Crippen LogP contribution is -2.19. The Morgan fingerprint density at radius 3 is 1.04 bits per heavy atom. The zero-order chi connectivity index (χ0) is 34.6. The molecule has 0 aliphatic carbocycles. The van der Waals surface area contributed by atoms with Gasteiger partial charge in [0.2, 0.25) is 5.95 Å². The van der Waals surface area contributed by atoms with Gasteiger partial charge in [0, 0.05) is 22.8 Å². The van der Waals surface area contributed by atoms with E-state index in [4.69, 9.17) is 14.2 Å². The van der Waals surface area contributed by atoms with Crippen LogP contribution in [0.25, 0.3) is 0 Å². The van der Waals surface area contributed by atoms with E-state index in [9.17, 15) is 28.8 Å². The maximum Gasteiger partial charge on any atom is 0.513 e. The van der Waals surface area contributed by atoms with Crippen LogP contribution < -0.4 is 30.2 Å². The van der Waals surface area contributed by atoms with Crippen LogP contribution in [0.15, 0.2) is 78.9 Å². The van der Waals surface area contributed by atoms with Crippen molar-refractivity contribution in [3.63, 3.8) is 0 Å². The Morgan fingerprint density at radius 2 is 0.750 bits per heavy atom. The van der Waals surface area contributed by atoms with Gasteiger partial charge in [0.25, 0.3) is 17.7 Å². The zero-order valence-electron chi connectivity index (χ0n) is 25.3. The summed E-state index contributed by atoms with van der Waals surface area (Å²) in [5.74, 6) is -2.10. The average molecular weight is 660 g/mol. The summed E-state index contributed by atoms with van der Waals surface area (Å²) < 4.78 is 28.0. The molecule has 0 atom stereocenters. The monoisotopic (exact) mass is 659 g/mol. The Balaban J connectivity index is 1.55. The third-order valence-corrected chi connectivity index (χ3v) is 5.89. The highest BCUT2D eigenvalue weighted by atomic mass is 16.7. The van der Waals surface area contributed by atoms with Crippen LogP contribution in [0, 0.1) is 0 Å². The van der Waals surface area contributed by atoms with Crippen molar-refractivity contribution in [3.05, 3.63) is 95.6 Å². The van der Waals surface area contributed by atoms with E-state index in [0.717, 1.165) is 21.3 Å². The molecule has 1 heterocycles. The van der Waals surface area contributed by atoms with E-state index in [2.05, 4.69) is 40.1 Å². The molecule has 0 aliphatic rings. The van der Waals surface area contributed by atoms with Gasteiger partial charge in [-0.3, -0.25) is 19.7 Å². The molecular formula is C31H25N5O12. The number of ether oxygens (including phenoxy) is 6. The number of amides is 3. The molecule has 48 heavy (non-hydrogen) atoms. The lowest BCUT2D eigenvalue weighted by molar-refractivity contribution is 0.101. The number of anilines is 3. The van der Waals surface area contributed by atoms with Crippen LogP contribution >= 0.6 is 0 Å². The Morgan fingerprint density at radius 1 is 0.458 bits per heavy atom. The minimum atomic E-state index is -0.940. The molecule has 3 N–H and O–H groups in total. The Hall–Kier alpha value is -7.04. The number of nitrogens with one attached hydrogen (secondary N) is 3. The molecule has 0 saturated heterocycles. The lowest BCUT2D eigenvalue weighted by Gasteiger charge is -2.12. The highest BCUT2D eigenvalue weighted by Gasteiger charge is 2.16. The lowest BCUT2D eigenvalue weighted by atomic mass is 10.2. The predicted octanol–water partition coefficient (Wildman–Crippen LogP) is 4.67. The second kappa shape index (κ2) is 15.8. The van der Waals surface area contributed by atoms with Crippen LogP contribution in [0.3, 0.4) is 0 Å². The van der Waals surface area contributed by atoms with Crippen molar-refractivity contribution in [1.29, 1.82) is 0 Å². The van der Waals surface area contributed by atoms with Crippen molar-refractivity contribution in [2.75, 3.05) is 37.3 Å². The second-order valence-electron chi connectivity index (χ2n) is 9.07. The highest BCUT2D eigenvalue weighted by molar-refractivity contribution is 6.07. The maximum absolute atomic E-state index is 13.0. The number of carbonyl (C=O) groups is 6. The number of aromatic nitrogens is 2. The SMILES string of the molecule is COC(=O)Oc1ccc(C(=O)Nc2cc(NC(=O)c3ccc(OC(=O)OC)cc3)nc(NC(=O)c3ccc(OC(=O)OC)cc3)n2)cc1. The van der Waals surface area contributed by atoms with E-state index >= 15 is 0 Å². The van der Waals surface area contributed by atoms with E-state index in [1.54, 1.807) is 0 Å². The Labute approximate surface area is 271 Å². The van der Waals surface area contributed by atoms with Gasteiger partial charge in [-0.2, -0.15) is 9.97 Å². The molecule has 1 aromatic heterocycles. The van der Waals surface area contributed by atoms with Gasteiger partial charge in [-0.1, -0.05) is 0 Å². The number of nitrogens with zero attached hydrogens (tertiary/aromatic N) is 2. The van der Waals surface area contributed by atoms with Crippen LogP contribution in [-0.4, -0.2) is 67.5 Å². The summed E-state index contributed by atoms with van der Waals surface area (Å²) in [6.45, 7) is 0. The van der Waals surface area contributed by atoms with Gasteiger partial charge < -0.3 is 39.1 Å². The second-order valence-corrected chi connectivity index (χ2v) is 9.07. The molecule has 0 aliphatic heterocycles. The van der Waals surface area contributed by atoms with Crippen molar-refractivity contribution in [2.24, 2.45) is 0 Å². The van der Waals surface area contributed by atoms with Gasteiger partial charge in [-0.25, -0.2) is 14.4 Å². The number of rotatable bonds is 9. The van der Waals surface area contributed by atoms with Crippen molar-refractivity contribution in [2.45, 2.75) is 0 Å². The van der Waals surface area contributed by atoms with Gasteiger partial charge >= 0.3 is 18.5 Å². The standard InChI is InChI=1S/C31H25N5O12/c1-43-29(40)46-20-10-4-17(5-11-20)25(37)32-23-16-24(33-26(38)18-6-12-21(13-7-18)47-30(41)44-2)35-28(34-23)36-27(39)19-8-14-22(15-9-19)48-31(42)45-3/h4-16H,1-3H3,(H3,32,33,34,35,36,37,38,39). The molecule has 17 nitrogen and oxygen atoms in total. The third-order valence-electron chi connectivity index (χ3n) is 5.89. The Bertz CT molecular complexity index is 1600. The van der Waals surface area contributed by atoms with Gasteiger partial charge in [-0.05, 0) is 72.8 Å². The smallest absolute Gasteiger partial charge is 0.437 e. The fourth-order valence-corrected chi connectivity index (χ4v) is 3.62. The number of carbonyl (C=O) groups excluding carboxylic acids is 6. The minimum absolute atomic E-state index is 0.112. The van der Waals surface area contributed by atoms with Gasteiger partial charge in [-0.15, -0.1) is 0 Å². The summed E-state index contributed by atoms with van der Waals surface area (Å²) in [4.78, 5) is 81.3. The van der Waals surface area contributed by atoms with Crippen LogP contribution in [0.2, 0.25) is 0 Å². The molecule has 0 unspecified atom stereocenters. The maximum atomic E-state index is 13.0. The molecule has 3 aromatic carbocycles. The number of benzene rings is 3. The van der Waals surface area contributed by atoms with Gasteiger partial charge in [0.05, 0.1) is 21.3 Å². The van der Waals surface area contributed by atoms with Gasteiger partial charge in [0.1, 0.15) is 28.9 Å². The largest absolute Gasteiger partial charge is 0.513 e. The molecule has 0 radical (unpaired) electrons. The fraction of sp³-hybridized carbons (Fsp3) is 0.0968. The van der Waals surface area contributed by atoms with E-state index in [1.165, 1.54) is 78.9 Å². The summed E-state index contributed by atoms with van der Waals surface area (Å²) in [6.07, 6.45) is -2.81. The molecule has 4 aromatic rings. The van der Waals surface area contributed by atoms with Crippen molar-refractivity contribution in [3.8, 4) is 17.2 Å². The molecule has 246 valence electrons. The molecule has 0 spiro atoms. The number of methoxy groups -OCH3 is 3. The summed E-state index contributed by atoms with van der Waals surface area (Å²) in [7, 11) is 3.44. The predicted molar refractivity (Wildman–Crippen MR) is 164 cm³/mol. The first-order valence-corrected chi connectivity index (χ1v) is 13.5. The number of hydrogen-bond donors (Lipinski definition) is 3. The van der Waals surface area contributed by atoms with Crippen LogP contribution in [0.5, 0.6) is 17.2 Å². The summed E-state index contributed by atoms with van der Waals surface area (Å²) in [5.41, 5.74) is 0.412.